The van der Waals surface area contributed by atoms with Crippen molar-refractivity contribution in [3.63, 3.8) is 0 Å². The SMILES string of the molecule is COc1ccc(S(=O)(=O)N(Cc2ccc(O)c(O)c2)C(O)C(Cc2ccccc2)NC(=O)OC2COC3OCCC23)cc1. The van der Waals surface area contributed by atoms with Crippen LogP contribution in [0.3, 0.4) is 0 Å². The minimum Gasteiger partial charge on any atom is -0.504 e. The number of rotatable bonds is 11. The third-order valence-corrected chi connectivity index (χ3v) is 9.37. The summed E-state index contributed by atoms with van der Waals surface area (Å²) in [5, 5.41) is 34.3. The summed E-state index contributed by atoms with van der Waals surface area (Å²) in [6.07, 6.45) is -2.89. The first-order chi connectivity index (χ1) is 20.7. The Bertz CT molecular complexity index is 1500. The third kappa shape index (κ3) is 7.03. The summed E-state index contributed by atoms with van der Waals surface area (Å²) in [5.41, 5.74) is 1.01. The predicted molar refractivity (Wildman–Crippen MR) is 153 cm³/mol. The number of alkyl carbamates (subject to hydrolysis) is 1. The third-order valence-electron chi connectivity index (χ3n) is 7.54. The number of sulfonamides is 1. The molecule has 2 heterocycles. The second kappa shape index (κ2) is 13.2. The molecule has 5 rings (SSSR count). The molecule has 0 spiro atoms. The Labute approximate surface area is 249 Å². The maximum absolute atomic E-state index is 14.0. The summed E-state index contributed by atoms with van der Waals surface area (Å²) in [4.78, 5) is 13.0. The Hall–Kier alpha value is -3.88. The topological polar surface area (TPSA) is 164 Å². The second-order valence-electron chi connectivity index (χ2n) is 10.4. The number of amides is 1. The average Bonchev–Trinajstić information content (AvgIpc) is 3.63. The number of aromatic hydroxyl groups is 2. The molecule has 0 bridgehead atoms. The summed E-state index contributed by atoms with van der Waals surface area (Å²) in [6.45, 7) is 0.261. The van der Waals surface area contributed by atoms with Gasteiger partial charge in [-0.25, -0.2) is 13.2 Å². The van der Waals surface area contributed by atoms with E-state index in [0.29, 0.717) is 18.8 Å². The Balaban J connectivity index is 1.46. The van der Waals surface area contributed by atoms with E-state index in [9.17, 15) is 28.5 Å². The van der Waals surface area contributed by atoms with Crippen LogP contribution in [0.15, 0.2) is 77.7 Å². The number of nitrogens with one attached hydrogen (secondary N) is 1. The molecule has 43 heavy (non-hydrogen) atoms. The van der Waals surface area contributed by atoms with Gasteiger partial charge in [0.25, 0.3) is 0 Å². The number of nitrogens with zero attached hydrogens (tertiary/aromatic N) is 1. The molecule has 3 aromatic carbocycles. The lowest BCUT2D eigenvalue weighted by Crippen LogP contribution is -2.54. The van der Waals surface area contributed by atoms with Crippen molar-refractivity contribution < 1.29 is 47.5 Å². The number of phenolic OH excluding ortho intramolecular Hbond substituents is 2. The fourth-order valence-corrected chi connectivity index (χ4v) is 6.72. The maximum Gasteiger partial charge on any atom is 0.407 e. The number of hydrogen-bond acceptors (Lipinski definition) is 10. The van der Waals surface area contributed by atoms with Gasteiger partial charge in [0.2, 0.25) is 10.0 Å². The molecular weight excluding hydrogens is 580 g/mol. The van der Waals surface area contributed by atoms with Crippen LogP contribution in [-0.4, -0.2) is 79.1 Å². The van der Waals surface area contributed by atoms with Crippen LogP contribution in [0.25, 0.3) is 0 Å². The quantitative estimate of drug-likeness (QED) is 0.187. The number of carbonyl (C=O) groups is 1. The van der Waals surface area contributed by atoms with Crippen LogP contribution in [-0.2, 0) is 37.2 Å². The highest BCUT2D eigenvalue weighted by Crippen LogP contribution is 2.33. The zero-order valence-corrected chi connectivity index (χ0v) is 24.2. The van der Waals surface area contributed by atoms with Crippen molar-refractivity contribution in [3.05, 3.63) is 83.9 Å². The largest absolute Gasteiger partial charge is 0.504 e. The van der Waals surface area contributed by atoms with Crippen molar-refractivity contribution >= 4 is 16.1 Å². The van der Waals surface area contributed by atoms with E-state index in [1.165, 1.54) is 49.6 Å². The summed E-state index contributed by atoms with van der Waals surface area (Å²) in [7, 11) is -2.95. The van der Waals surface area contributed by atoms with Crippen LogP contribution in [0.4, 0.5) is 4.79 Å². The zero-order valence-electron chi connectivity index (χ0n) is 23.4. The van der Waals surface area contributed by atoms with Gasteiger partial charge in [-0.2, -0.15) is 4.31 Å². The second-order valence-corrected chi connectivity index (χ2v) is 12.3. The van der Waals surface area contributed by atoms with Crippen molar-refractivity contribution in [2.75, 3.05) is 20.3 Å². The average molecular weight is 615 g/mol. The van der Waals surface area contributed by atoms with Gasteiger partial charge in [0.15, 0.2) is 17.8 Å². The number of carbonyl (C=O) groups excluding carboxylic acids is 1. The van der Waals surface area contributed by atoms with Gasteiger partial charge in [-0.15, -0.1) is 0 Å². The molecule has 1 amide bonds. The monoisotopic (exact) mass is 614 g/mol. The molecule has 0 aromatic heterocycles. The standard InChI is InChI=1S/C30H34N2O10S/c1-39-21-8-10-22(11-9-21)43(37,38)32(17-20-7-12-25(33)26(34)16-20)28(35)24(15-19-5-3-2-4-6-19)31-30(36)42-27-18-41-29-23(27)13-14-40-29/h2-12,16,23-24,27-29,33-35H,13-15,17-18H2,1H3,(H,31,36). The number of ether oxygens (including phenoxy) is 4. The number of aliphatic hydroxyl groups excluding tert-OH is 1. The van der Waals surface area contributed by atoms with Gasteiger partial charge in [-0.1, -0.05) is 36.4 Å². The minimum atomic E-state index is -4.40. The minimum absolute atomic E-state index is 0.0584. The van der Waals surface area contributed by atoms with Gasteiger partial charge in [0.1, 0.15) is 18.1 Å². The van der Waals surface area contributed by atoms with Gasteiger partial charge < -0.3 is 39.6 Å². The molecule has 2 fully saturated rings. The normalized spacial score (nSPS) is 21.2. The van der Waals surface area contributed by atoms with E-state index in [1.807, 2.05) is 6.07 Å². The molecule has 5 atom stereocenters. The Morgan fingerprint density at radius 2 is 1.77 bits per heavy atom. The number of benzene rings is 3. The summed E-state index contributed by atoms with van der Waals surface area (Å²) in [6, 6.07) is 17.3. The smallest absolute Gasteiger partial charge is 0.407 e. The summed E-state index contributed by atoms with van der Waals surface area (Å²) in [5.74, 6) is -0.514. The first-order valence-electron chi connectivity index (χ1n) is 13.7. The number of fused-ring (bicyclic) bond motifs is 1. The molecule has 5 unspecified atom stereocenters. The number of hydrogen-bond donors (Lipinski definition) is 4. The molecular formula is C30H34N2O10S. The molecule has 230 valence electrons. The maximum atomic E-state index is 14.0. The first-order valence-corrected chi connectivity index (χ1v) is 15.2. The van der Waals surface area contributed by atoms with Gasteiger partial charge in [-0.3, -0.25) is 0 Å². The molecule has 13 heteroatoms. The molecule has 0 aliphatic carbocycles. The molecule has 2 aliphatic rings. The lowest BCUT2D eigenvalue weighted by Gasteiger charge is -2.33. The lowest BCUT2D eigenvalue weighted by atomic mass is 10.0. The predicted octanol–water partition coefficient (Wildman–Crippen LogP) is 2.71. The van der Waals surface area contributed by atoms with E-state index in [4.69, 9.17) is 18.9 Å². The van der Waals surface area contributed by atoms with Crippen LogP contribution in [0.1, 0.15) is 17.5 Å². The van der Waals surface area contributed by atoms with Crippen LogP contribution >= 0.6 is 0 Å². The van der Waals surface area contributed by atoms with Crippen molar-refractivity contribution in [3.8, 4) is 17.2 Å². The van der Waals surface area contributed by atoms with Crippen LogP contribution in [0, 0.1) is 5.92 Å². The van der Waals surface area contributed by atoms with E-state index in [0.717, 1.165) is 9.87 Å². The van der Waals surface area contributed by atoms with Crippen LogP contribution < -0.4 is 10.1 Å². The Morgan fingerprint density at radius 1 is 1.02 bits per heavy atom. The molecule has 2 aliphatic heterocycles. The molecule has 12 nitrogen and oxygen atoms in total. The van der Waals surface area contributed by atoms with E-state index in [-0.39, 0.29) is 35.2 Å². The summed E-state index contributed by atoms with van der Waals surface area (Å²) < 4.78 is 50.7. The zero-order chi connectivity index (χ0) is 30.6. The highest BCUT2D eigenvalue weighted by Gasteiger charge is 2.44. The summed E-state index contributed by atoms with van der Waals surface area (Å²) >= 11 is 0. The van der Waals surface area contributed by atoms with Crippen LogP contribution in [0.2, 0.25) is 0 Å². The highest BCUT2D eigenvalue weighted by molar-refractivity contribution is 7.89. The fourth-order valence-electron chi connectivity index (χ4n) is 5.22. The molecule has 0 saturated carbocycles. The van der Waals surface area contributed by atoms with E-state index in [2.05, 4.69) is 5.32 Å². The fraction of sp³-hybridized carbons (Fsp3) is 0.367. The van der Waals surface area contributed by atoms with Gasteiger partial charge in [-0.05, 0) is 60.4 Å². The molecule has 4 N–H and O–H groups in total. The van der Waals surface area contributed by atoms with Crippen molar-refractivity contribution in [1.82, 2.24) is 9.62 Å². The van der Waals surface area contributed by atoms with Gasteiger partial charge in [0, 0.05) is 6.54 Å². The Morgan fingerprint density at radius 3 is 2.47 bits per heavy atom. The van der Waals surface area contributed by atoms with Gasteiger partial charge in [0.05, 0.1) is 37.2 Å². The lowest BCUT2D eigenvalue weighted by molar-refractivity contribution is -0.0907. The van der Waals surface area contributed by atoms with Crippen molar-refractivity contribution in [2.24, 2.45) is 5.92 Å². The molecule has 3 aromatic rings. The van der Waals surface area contributed by atoms with E-state index >= 15 is 0 Å². The van der Waals surface area contributed by atoms with Gasteiger partial charge >= 0.3 is 6.09 Å². The number of methoxy groups -OCH3 is 1. The number of phenols is 2. The Kier molecular flexibility index (Phi) is 9.37. The number of aliphatic hydroxyl groups is 1. The van der Waals surface area contributed by atoms with Crippen molar-refractivity contribution in [2.45, 2.75) is 48.9 Å². The van der Waals surface area contributed by atoms with E-state index < -0.39 is 53.1 Å². The van der Waals surface area contributed by atoms with Crippen molar-refractivity contribution in [1.29, 1.82) is 0 Å². The van der Waals surface area contributed by atoms with E-state index in [1.54, 1.807) is 24.3 Å². The van der Waals surface area contributed by atoms with Crippen LogP contribution in [0.5, 0.6) is 17.2 Å². The first kappa shape index (κ1) is 30.6. The highest BCUT2D eigenvalue weighted by atomic mass is 32.2. The molecule has 0 radical (unpaired) electrons. The molecule has 2 saturated heterocycles.